The molecule has 6 nitrogen and oxygen atoms in total. The molecule has 21 heavy (non-hydrogen) atoms. The van der Waals surface area contributed by atoms with Gasteiger partial charge in [0.25, 0.3) is 0 Å². The summed E-state index contributed by atoms with van der Waals surface area (Å²) in [6, 6.07) is 2.09. The lowest BCUT2D eigenvalue weighted by Gasteiger charge is -2.33. The molecule has 1 aliphatic heterocycles. The molecule has 1 aromatic heterocycles. The molecule has 1 saturated heterocycles. The summed E-state index contributed by atoms with van der Waals surface area (Å²) in [5.74, 6) is 1.43. The lowest BCUT2D eigenvalue weighted by molar-refractivity contribution is -0.127. The summed E-state index contributed by atoms with van der Waals surface area (Å²) in [6.45, 7) is 8.53. The number of nitrogens with one attached hydrogen (secondary N) is 2. The number of H-pyrrole nitrogens is 1. The molecule has 0 bridgehead atoms. The first kappa shape index (κ1) is 15.0. The Balaban J connectivity index is 2.07. The topological polar surface area (TPSA) is 72.8 Å². The second-order valence-electron chi connectivity index (χ2n) is 4.94. The number of amidine groups is 1. The quantitative estimate of drug-likeness (QED) is 0.500. The monoisotopic (exact) mass is 287 g/mol. The van der Waals surface area contributed by atoms with Crippen LogP contribution in [0.2, 0.25) is 0 Å². The Bertz CT molecular complexity index is 560. The van der Waals surface area contributed by atoms with Gasteiger partial charge in [0, 0.05) is 32.4 Å². The highest BCUT2D eigenvalue weighted by Crippen LogP contribution is 2.17. The smallest absolute Gasteiger partial charge is 0.246 e. The van der Waals surface area contributed by atoms with E-state index in [1.54, 1.807) is 13.2 Å². The minimum absolute atomic E-state index is 0.0217. The first-order valence-electron chi connectivity index (χ1n) is 6.98. The molecule has 0 saturated carbocycles. The molecule has 1 fully saturated rings. The number of aromatic amines is 1. The standard InChI is InChI=1S/C15H21N5O/c1-4-13(21)20-9-5-6-11(10-20)19-15(17-3)12-7-8-18-14(12)16-2/h4,7-8,11,18H,1-2,5-6,9-10H2,3H3,(H,17,19). The summed E-state index contributed by atoms with van der Waals surface area (Å²) in [6.07, 6.45) is 5.14. The maximum atomic E-state index is 11.7. The lowest BCUT2D eigenvalue weighted by Crippen LogP contribution is -2.49. The van der Waals surface area contributed by atoms with Crippen molar-refractivity contribution in [3.8, 4) is 0 Å². The number of piperidine rings is 1. The summed E-state index contributed by atoms with van der Waals surface area (Å²) < 4.78 is 0. The van der Waals surface area contributed by atoms with E-state index in [4.69, 9.17) is 0 Å². The predicted octanol–water partition coefficient (Wildman–Crippen LogP) is 1.49. The fourth-order valence-electron chi connectivity index (χ4n) is 2.56. The molecular weight excluding hydrogens is 266 g/mol. The minimum atomic E-state index is -0.0217. The number of rotatable bonds is 4. The number of aromatic nitrogens is 1. The fourth-order valence-corrected chi connectivity index (χ4v) is 2.56. The Morgan fingerprint density at radius 2 is 2.43 bits per heavy atom. The van der Waals surface area contributed by atoms with Crippen molar-refractivity contribution in [2.45, 2.75) is 18.9 Å². The molecule has 0 aliphatic carbocycles. The molecule has 1 aromatic rings. The number of aliphatic imine (C=N–C) groups is 2. The number of hydrogen-bond donors (Lipinski definition) is 2. The molecule has 2 rings (SSSR count). The third-order valence-electron chi connectivity index (χ3n) is 3.61. The molecule has 2 N–H and O–H groups in total. The van der Waals surface area contributed by atoms with Crippen molar-refractivity contribution in [3.63, 3.8) is 0 Å². The Morgan fingerprint density at radius 3 is 3.10 bits per heavy atom. The van der Waals surface area contributed by atoms with Gasteiger partial charge in [-0.3, -0.25) is 9.79 Å². The highest BCUT2D eigenvalue weighted by Gasteiger charge is 2.23. The van der Waals surface area contributed by atoms with Crippen LogP contribution in [0.1, 0.15) is 18.4 Å². The molecule has 0 radical (unpaired) electrons. The number of nitrogens with zero attached hydrogens (tertiary/aromatic N) is 3. The van der Waals surface area contributed by atoms with E-state index in [-0.39, 0.29) is 11.9 Å². The van der Waals surface area contributed by atoms with E-state index in [9.17, 15) is 4.79 Å². The van der Waals surface area contributed by atoms with Gasteiger partial charge in [0.05, 0.1) is 5.56 Å². The van der Waals surface area contributed by atoms with Crippen LogP contribution in [0.3, 0.4) is 0 Å². The van der Waals surface area contributed by atoms with Gasteiger partial charge in [-0.05, 0) is 31.7 Å². The average molecular weight is 287 g/mol. The maximum Gasteiger partial charge on any atom is 0.246 e. The summed E-state index contributed by atoms with van der Waals surface area (Å²) >= 11 is 0. The first-order chi connectivity index (χ1) is 10.2. The van der Waals surface area contributed by atoms with E-state index in [2.05, 4.69) is 33.6 Å². The van der Waals surface area contributed by atoms with Crippen LogP contribution in [-0.2, 0) is 4.79 Å². The van der Waals surface area contributed by atoms with E-state index in [1.165, 1.54) is 6.08 Å². The Labute approximate surface area is 124 Å². The number of likely N-dealkylation sites (tertiary alicyclic amines) is 1. The largest absolute Gasteiger partial charge is 0.365 e. The fraction of sp³-hybridized carbons (Fsp3) is 0.400. The van der Waals surface area contributed by atoms with E-state index in [0.717, 1.165) is 30.8 Å². The van der Waals surface area contributed by atoms with Crippen LogP contribution in [0, 0.1) is 0 Å². The molecule has 112 valence electrons. The number of hydrogen-bond acceptors (Lipinski definition) is 3. The molecule has 1 aliphatic rings. The Morgan fingerprint density at radius 1 is 1.62 bits per heavy atom. The van der Waals surface area contributed by atoms with Crippen molar-refractivity contribution in [1.29, 1.82) is 0 Å². The predicted molar refractivity (Wildman–Crippen MR) is 85.4 cm³/mol. The number of amides is 1. The van der Waals surface area contributed by atoms with Crippen molar-refractivity contribution in [2.24, 2.45) is 9.98 Å². The van der Waals surface area contributed by atoms with Crippen LogP contribution in [0.4, 0.5) is 5.82 Å². The molecule has 6 heteroatoms. The van der Waals surface area contributed by atoms with Gasteiger partial charge in [0.15, 0.2) is 0 Å². The van der Waals surface area contributed by atoms with Gasteiger partial charge >= 0.3 is 0 Å². The third-order valence-corrected chi connectivity index (χ3v) is 3.61. The van der Waals surface area contributed by atoms with Gasteiger partial charge in [-0.2, -0.15) is 0 Å². The van der Waals surface area contributed by atoms with Gasteiger partial charge in [0.1, 0.15) is 11.7 Å². The van der Waals surface area contributed by atoms with Crippen molar-refractivity contribution in [2.75, 3.05) is 20.1 Å². The van der Waals surface area contributed by atoms with Crippen LogP contribution < -0.4 is 5.32 Å². The SMILES string of the molecule is C=CC(=O)N1CCCC(NC(=NC)c2cc[nH]c2N=C)C1. The molecular formula is C15H21N5O. The zero-order valence-corrected chi connectivity index (χ0v) is 12.3. The molecule has 0 spiro atoms. The van der Waals surface area contributed by atoms with Crippen molar-refractivity contribution < 1.29 is 4.79 Å². The Hall–Kier alpha value is -2.37. The third kappa shape index (κ3) is 3.39. The highest BCUT2D eigenvalue weighted by atomic mass is 16.2. The molecule has 1 amide bonds. The summed E-state index contributed by atoms with van der Waals surface area (Å²) in [5.41, 5.74) is 0.889. The highest BCUT2D eigenvalue weighted by molar-refractivity contribution is 6.02. The summed E-state index contributed by atoms with van der Waals surface area (Å²) in [4.78, 5) is 24.8. The lowest BCUT2D eigenvalue weighted by atomic mass is 10.0. The van der Waals surface area contributed by atoms with Crippen LogP contribution in [0.5, 0.6) is 0 Å². The first-order valence-corrected chi connectivity index (χ1v) is 6.98. The van der Waals surface area contributed by atoms with Crippen LogP contribution >= 0.6 is 0 Å². The van der Waals surface area contributed by atoms with E-state index < -0.39 is 0 Å². The number of carbonyl (C=O) groups excluding carboxylic acids is 1. The summed E-state index contributed by atoms with van der Waals surface area (Å²) in [7, 11) is 1.73. The van der Waals surface area contributed by atoms with E-state index >= 15 is 0 Å². The van der Waals surface area contributed by atoms with Gasteiger partial charge in [0.2, 0.25) is 5.91 Å². The van der Waals surface area contributed by atoms with Crippen LogP contribution in [-0.4, -0.2) is 54.5 Å². The van der Waals surface area contributed by atoms with Gasteiger partial charge in [-0.1, -0.05) is 6.58 Å². The van der Waals surface area contributed by atoms with Crippen molar-refractivity contribution in [3.05, 3.63) is 30.5 Å². The average Bonchev–Trinajstić information content (AvgIpc) is 3.00. The maximum absolute atomic E-state index is 11.7. The zero-order valence-electron chi connectivity index (χ0n) is 12.3. The molecule has 2 heterocycles. The molecule has 1 unspecified atom stereocenters. The molecule has 0 aromatic carbocycles. The second kappa shape index (κ2) is 6.88. The van der Waals surface area contributed by atoms with E-state index in [1.807, 2.05) is 11.0 Å². The van der Waals surface area contributed by atoms with Crippen molar-refractivity contribution in [1.82, 2.24) is 15.2 Å². The zero-order chi connectivity index (χ0) is 15.2. The van der Waals surface area contributed by atoms with Gasteiger partial charge < -0.3 is 15.2 Å². The Kier molecular flexibility index (Phi) is 4.92. The van der Waals surface area contributed by atoms with Crippen LogP contribution in [0.15, 0.2) is 34.9 Å². The normalized spacial score (nSPS) is 19.2. The van der Waals surface area contributed by atoms with Crippen LogP contribution in [0.25, 0.3) is 0 Å². The van der Waals surface area contributed by atoms with Gasteiger partial charge in [-0.15, -0.1) is 0 Å². The van der Waals surface area contributed by atoms with Gasteiger partial charge in [-0.25, -0.2) is 4.99 Å². The number of carbonyl (C=O) groups is 1. The molecule has 1 atom stereocenters. The van der Waals surface area contributed by atoms with Crippen molar-refractivity contribution >= 4 is 24.3 Å². The second-order valence-corrected chi connectivity index (χ2v) is 4.94. The van der Waals surface area contributed by atoms with E-state index in [0.29, 0.717) is 12.4 Å². The minimum Gasteiger partial charge on any atom is -0.365 e. The summed E-state index contributed by atoms with van der Waals surface area (Å²) in [5, 5.41) is 3.41.